The third kappa shape index (κ3) is 6.24. The minimum absolute atomic E-state index is 0.371. The fourth-order valence-corrected chi connectivity index (χ4v) is 2.75. The van der Waals surface area contributed by atoms with Crippen molar-refractivity contribution in [1.82, 2.24) is 20.6 Å². The third-order valence-electron chi connectivity index (χ3n) is 3.60. The molecular weight excluding hydrogens is 340 g/mol. The highest BCUT2D eigenvalue weighted by Gasteiger charge is 2.20. The molecule has 2 aromatic rings. The maximum Gasteiger partial charge on any atom is 0.326 e. The van der Waals surface area contributed by atoms with E-state index in [0.717, 1.165) is 11.3 Å². The second-order valence-corrected chi connectivity index (χ2v) is 6.51. The van der Waals surface area contributed by atoms with Gasteiger partial charge in [0.15, 0.2) is 0 Å². The second-order valence-electron chi connectivity index (χ2n) is 5.53. The van der Waals surface area contributed by atoms with Crippen LogP contribution in [0.3, 0.4) is 0 Å². The molecule has 1 heterocycles. The Bertz CT molecular complexity index is 691. The summed E-state index contributed by atoms with van der Waals surface area (Å²) in [6.07, 6.45) is 5.67. The Hall–Kier alpha value is -2.32. The van der Waals surface area contributed by atoms with E-state index in [2.05, 4.69) is 20.6 Å². The highest BCUT2D eigenvalue weighted by molar-refractivity contribution is 7.98. The summed E-state index contributed by atoms with van der Waals surface area (Å²) in [5.41, 5.74) is 2.38. The number of nitrogens with zero attached hydrogens (tertiary/aromatic N) is 1. The molecule has 0 aliphatic rings. The Morgan fingerprint density at radius 1 is 1.36 bits per heavy atom. The van der Waals surface area contributed by atoms with Crippen molar-refractivity contribution in [3.63, 3.8) is 0 Å². The number of aromatic amines is 1. The van der Waals surface area contributed by atoms with Gasteiger partial charge in [-0.15, -0.1) is 0 Å². The first kappa shape index (κ1) is 19.0. The van der Waals surface area contributed by atoms with Gasteiger partial charge in [0.1, 0.15) is 6.04 Å². The summed E-state index contributed by atoms with van der Waals surface area (Å²) in [7, 11) is 0. The lowest BCUT2D eigenvalue weighted by Gasteiger charge is -2.14. The molecule has 0 aliphatic heterocycles. The van der Waals surface area contributed by atoms with Crippen LogP contribution in [0.2, 0.25) is 0 Å². The molecule has 0 fully saturated rings. The second kappa shape index (κ2) is 9.85. The summed E-state index contributed by atoms with van der Waals surface area (Å²) in [4.78, 5) is 30.5. The number of rotatable bonds is 10. The number of hydrogen-bond donors (Lipinski definition) is 4. The Labute approximate surface area is 150 Å². The van der Waals surface area contributed by atoms with Crippen molar-refractivity contribution in [3.05, 3.63) is 53.6 Å². The minimum atomic E-state index is -1.01. The zero-order valence-electron chi connectivity index (χ0n) is 14.0. The van der Waals surface area contributed by atoms with Crippen LogP contribution >= 0.6 is 11.8 Å². The van der Waals surface area contributed by atoms with Gasteiger partial charge >= 0.3 is 5.97 Å². The van der Waals surface area contributed by atoms with Gasteiger partial charge in [-0.2, -0.15) is 11.8 Å². The van der Waals surface area contributed by atoms with Gasteiger partial charge in [-0.3, -0.25) is 4.79 Å². The Morgan fingerprint density at radius 2 is 2.20 bits per heavy atom. The molecule has 1 atom stereocenters. The molecule has 0 unspecified atom stereocenters. The summed E-state index contributed by atoms with van der Waals surface area (Å²) in [6.45, 7) is 1.24. The van der Waals surface area contributed by atoms with Crippen LogP contribution in [0.25, 0.3) is 0 Å². The number of aliphatic carboxylic acids is 1. The zero-order chi connectivity index (χ0) is 18.1. The summed E-state index contributed by atoms with van der Waals surface area (Å²) in [5.74, 6) is -0.710. The standard InChI is InChI=1S/C17H22N4O3S/c1-25-6-5-15(17(23)24)21-16(22)13-4-2-3-12(7-13)8-18-9-14-10-19-11-20-14/h2-4,7,10-11,15,18H,5-6,8-9H2,1H3,(H,19,20)(H,21,22)(H,23,24)/t15-/m0/s1. The van der Waals surface area contributed by atoms with Crippen molar-refractivity contribution >= 4 is 23.6 Å². The predicted octanol–water partition coefficient (Wildman–Crippen LogP) is 1.64. The van der Waals surface area contributed by atoms with Gasteiger partial charge in [0.05, 0.1) is 6.33 Å². The number of carbonyl (C=O) groups is 2. The van der Waals surface area contributed by atoms with Crippen LogP contribution in [0.1, 0.15) is 28.0 Å². The Balaban J connectivity index is 1.92. The molecule has 0 radical (unpaired) electrons. The van der Waals surface area contributed by atoms with Crippen LogP contribution in [0, 0.1) is 0 Å². The molecule has 4 N–H and O–H groups in total. The third-order valence-corrected chi connectivity index (χ3v) is 4.25. The number of carbonyl (C=O) groups excluding carboxylic acids is 1. The van der Waals surface area contributed by atoms with Crippen molar-refractivity contribution in [2.24, 2.45) is 0 Å². The van der Waals surface area contributed by atoms with Gasteiger partial charge in [-0.25, -0.2) is 9.78 Å². The summed E-state index contributed by atoms with van der Waals surface area (Å²) in [6, 6.07) is 6.28. The van der Waals surface area contributed by atoms with E-state index >= 15 is 0 Å². The Kier molecular flexibility index (Phi) is 7.49. The topological polar surface area (TPSA) is 107 Å². The summed E-state index contributed by atoms with van der Waals surface area (Å²) < 4.78 is 0. The van der Waals surface area contributed by atoms with E-state index in [0.29, 0.717) is 30.8 Å². The Morgan fingerprint density at radius 3 is 2.88 bits per heavy atom. The van der Waals surface area contributed by atoms with Crippen LogP contribution in [0.4, 0.5) is 0 Å². The van der Waals surface area contributed by atoms with E-state index in [1.165, 1.54) is 0 Å². The fraction of sp³-hybridized carbons (Fsp3) is 0.353. The van der Waals surface area contributed by atoms with Crippen LogP contribution in [0.5, 0.6) is 0 Å². The van der Waals surface area contributed by atoms with Gasteiger partial charge in [0, 0.05) is 30.5 Å². The molecule has 134 valence electrons. The molecular formula is C17H22N4O3S. The number of imidazole rings is 1. The maximum atomic E-state index is 12.3. The van der Waals surface area contributed by atoms with Gasteiger partial charge < -0.3 is 20.7 Å². The SMILES string of the molecule is CSCC[C@H](NC(=O)c1cccc(CNCc2cnc[nH]2)c1)C(=O)O. The molecule has 2 rings (SSSR count). The molecule has 7 nitrogen and oxygen atoms in total. The first-order chi connectivity index (χ1) is 12.1. The van der Waals surface area contributed by atoms with Crippen LogP contribution in [-0.2, 0) is 17.9 Å². The smallest absolute Gasteiger partial charge is 0.326 e. The van der Waals surface area contributed by atoms with Crippen molar-refractivity contribution in [3.8, 4) is 0 Å². The zero-order valence-corrected chi connectivity index (χ0v) is 14.8. The molecule has 0 bridgehead atoms. The van der Waals surface area contributed by atoms with Crippen molar-refractivity contribution < 1.29 is 14.7 Å². The van der Waals surface area contributed by atoms with E-state index in [1.807, 2.05) is 12.3 Å². The van der Waals surface area contributed by atoms with E-state index < -0.39 is 12.0 Å². The number of carboxylic acids is 1. The number of H-pyrrole nitrogens is 1. The molecule has 1 aromatic heterocycles. The number of carboxylic acid groups (broad SMARTS) is 1. The van der Waals surface area contributed by atoms with E-state index in [4.69, 9.17) is 0 Å². The van der Waals surface area contributed by atoms with E-state index in [9.17, 15) is 14.7 Å². The lowest BCUT2D eigenvalue weighted by atomic mass is 10.1. The fourth-order valence-electron chi connectivity index (χ4n) is 2.28. The molecule has 25 heavy (non-hydrogen) atoms. The lowest BCUT2D eigenvalue weighted by Crippen LogP contribution is -2.41. The first-order valence-electron chi connectivity index (χ1n) is 7.89. The molecule has 0 spiro atoms. The first-order valence-corrected chi connectivity index (χ1v) is 9.29. The average Bonchev–Trinajstić information content (AvgIpc) is 3.12. The van der Waals surface area contributed by atoms with E-state index in [1.54, 1.807) is 42.5 Å². The van der Waals surface area contributed by atoms with Crippen LogP contribution in [-0.4, -0.2) is 45.0 Å². The number of benzene rings is 1. The predicted molar refractivity (Wildman–Crippen MR) is 97.5 cm³/mol. The highest BCUT2D eigenvalue weighted by Crippen LogP contribution is 2.08. The van der Waals surface area contributed by atoms with Gasteiger partial charge in [0.25, 0.3) is 5.91 Å². The molecule has 8 heteroatoms. The molecule has 0 saturated carbocycles. The summed E-state index contributed by atoms with van der Waals surface area (Å²) >= 11 is 1.55. The van der Waals surface area contributed by atoms with E-state index in [-0.39, 0.29) is 5.91 Å². The van der Waals surface area contributed by atoms with Crippen LogP contribution in [0.15, 0.2) is 36.8 Å². The number of nitrogens with one attached hydrogen (secondary N) is 3. The number of aromatic nitrogens is 2. The quantitative estimate of drug-likeness (QED) is 0.512. The van der Waals surface area contributed by atoms with Crippen molar-refractivity contribution in [2.75, 3.05) is 12.0 Å². The average molecular weight is 362 g/mol. The molecule has 1 amide bonds. The maximum absolute atomic E-state index is 12.3. The minimum Gasteiger partial charge on any atom is -0.480 e. The van der Waals surface area contributed by atoms with Crippen molar-refractivity contribution in [2.45, 2.75) is 25.6 Å². The normalized spacial score (nSPS) is 11.9. The summed E-state index contributed by atoms with van der Waals surface area (Å²) in [5, 5.41) is 15.1. The van der Waals surface area contributed by atoms with Gasteiger partial charge in [-0.05, 0) is 36.1 Å². The van der Waals surface area contributed by atoms with Crippen molar-refractivity contribution in [1.29, 1.82) is 0 Å². The monoisotopic (exact) mass is 362 g/mol. The highest BCUT2D eigenvalue weighted by atomic mass is 32.2. The molecule has 0 aliphatic carbocycles. The number of hydrogen-bond acceptors (Lipinski definition) is 5. The lowest BCUT2D eigenvalue weighted by molar-refractivity contribution is -0.139. The largest absolute Gasteiger partial charge is 0.480 e. The number of thioether (sulfide) groups is 1. The number of amides is 1. The molecule has 1 aromatic carbocycles. The van der Waals surface area contributed by atoms with Gasteiger partial charge in [0.2, 0.25) is 0 Å². The van der Waals surface area contributed by atoms with Crippen LogP contribution < -0.4 is 10.6 Å². The molecule has 0 saturated heterocycles. The van der Waals surface area contributed by atoms with Gasteiger partial charge in [-0.1, -0.05) is 12.1 Å².